The number of aromatic nitrogens is 3. The van der Waals surface area contributed by atoms with Crippen LogP contribution in [0.5, 0.6) is 5.88 Å². The van der Waals surface area contributed by atoms with Crippen LogP contribution >= 0.6 is 15.9 Å². The van der Waals surface area contributed by atoms with Crippen LogP contribution in [0.2, 0.25) is 0 Å². The Labute approximate surface area is 214 Å². The Hall–Kier alpha value is -3.07. The fourth-order valence-corrected chi connectivity index (χ4v) is 5.14. The molecule has 0 spiro atoms. The number of rotatable bonds is 8. The molecule has 4 rings (SSSR count). The Bertz CT molecular complexity index is 1230. The summed E-state index contributed by atoms with van der Waals surface area (Å²) in [6.45, 7) is 5.28. The second kappa shape index (κ2) is 10.7. The van der Waals surface area contributed by atoms with Crippen molar-refractivity contribution in [1.82, 2.24) is 14.8 Å². The van der Waals surface area contributed by atoms with E-state index in [2.05, 4.69) is 31.3 Å². The predicted octanol–water partition coefficient (Wildman–Crippen LogP) is 5.14. The van der Waals surface area contributed by atoms with Crippen molar-refractivity contribution in [3.05, 3.63) is 51.8 Å². The zero-order chi connectivity index (χ0) is 25.1. The number of benzene rings is 1. The standard InChI is InChI=1S/C26H32BrN5O3/c1-15-9-19(26(33)34-4)11-23(30-15)24-16(2)31-32(3)25(24)35-14-18-6-5-17(10-18)13-29-22-12-20(27)7-8-21(22)28/h7-9,11-12,17-18,29H,5-6,10,13-14,28H2,1-4H3/t17-,18+/m1/s1. The van der Waals surface area contributed by atoms with Crippen LogP contribution < -0.4 is 15.8 Å². The van der Waals surface area contributed by atoms with E-state index in [0.29, 0.717) is 35.6 Å². The minimum absolute atomic E-state index is 0.393. The molecular weight excluding hydrogens is 510 g/mol. The first-order valence-corrected chi connectivity index (χ1v) is 12.6. The van der Waals surface area contributed by atoms with Gasteiger partial charge in [0, 0.05) is 23.8 Å². The van der Waals surface area contributed by atoms with Gasteiger partial charge in [0.15, 0.2) is 0 Å². The molecule has 1 aromatic carbocycles. The van der Waals surface area contributed by atoms with E-state index in [1.165, 1.54) is 7.11 Å². The van der Waals surface area contributed by atoms with Crippen molar-refractivity contribution in [2.45, 2.75) is 33.1 Å². The number of halogens is 1. The molecule has 3 N–H and O–H groups in total. The van der Waals surface area contributed by atoms with Crippen molar-refractivity contribution in [3.63, 3.8) is 0 Å². The van der Waals surface area contributed by atoms with E-state index in [1.807, 2.05) is 39.1 Å². The smallest absolute Gasteiger partial charge is 0.337 e. The van der Waals surface area contributed by atoms with Gasteiger partial charge in [0.2, 0.25) is 5.88 Å². The molecule has 2 aromatic heterocycles. The van der Waals surface area contributed by atoms with Crippen LogP contribution in [0.4, 0.5) is 11.4 Å². The molecule has 2 heterocycles. The fourth-order valence-electron chi connectivity index (χ4n) is 4.78. The maximum atomic E-state index is 12.1. The van der Waals surface area contributed by atoms with Gasteiger partial charge in [0.25, 0.3) is 0 Å². The number of nitrogens with zero attached hydrogens (tertiary/aromatic N) is 3. The van der Waals surface area contributed by atoms with Crippen LogP contribution in [0, 0.1) is 25.7 Å². The number of nitrogens with two attached hydrogens (primary N) is 1. The third-order valence-electron chi connectivity index (χ3n) is 6.50. The first-order valence-electron chi connectivity index (χ1n) is 11.8. The van der Waals surface area contributed by atoms with Gasteiger partial charge in [0.1, 0.15) is 0 Å². The normalized spacial score (nSPS) is 17.4. The maximum Gasteiger partial charge on any atom is 0.337 e. The number of ether oxygens (including phenoxy) is 2. The maximum absolute atomic E-state index is 12.1. The highest BCUT2D eigenvalue weighted by Gasteiger charge is 2.27. The SMILES string of the molecule is COC(=O)c1cc(C)nc(-c2c(C)nn(C)c2OC[C@H]2CC[C@@H](CNc3cc(Br)ccc3N)C2)c1. The van der Waals surface area contributed by atoms with Crippen LogP contribution in [-0.4, -0.2) is 41.0 Å². The number of nitrogen functional groups attached to an aromatic ring is 1. The molecule has 0 amide bonds. The van der Waals surface area contributed by atoms with Crippen LogP contribution in [0.3, 0.4) is 0 Å². The topological polar surface area (TPSA) is 104 Å². The zero-order valence-electron chi connectivity index (χ0n) is 20.6. The summed E-state index contributed by atoms with van der Waals surface area (Å²) in [7, 11) is 3.24. The number of aryl methyl sites for hydroxylation is 3. The Morgan fingerprint density at radius 3 is 2.77 bits per heavy atom. The van der Waals surface area contributed by atoms with Gasteiger partial charge in [-0.2, -0.15) is 5.10 Å². The lowest BCUT2D eigenvalue weighted by Gasteiger charge is -2.16. The monoisotopic (exact) mass is 541 g/mol. The summed E-state index contributed by atoms with van der Waals surface area (Å²) in [6.07, 6.45) is 3.35. The molecule has 8 nitrogen and oxygen atoms in total. The van der Waals surface area contributed by atoms with Crippen LogP contribution in [0.25, 0.3) is 11.3 Å². The number of methoxy groups -OCH3 is 1. The lowest BCUT2D eigenvalue weighted by molar-refractivity contribution is 0.0600. The molecule has 186 valence electrons. The number of carbonyl (C=O) groups excluding carboxylic acids is 1. The van der Waals surface area contributed by atoms with Gasteiger partial charge in [0.05, 0.1) is 47.6 Å². The molecule has 0 unspecified atom stereocenters. The van der Waals surface area contributed by atoms with Gasteiger partial charge in [-0.15, -0.1) is 0 Å². The van der Waals surface area contributed by atoms with Crippen molar-refractivity contribution >= 4 is 33.3 Å². The lowest BCUT2D eigenvalue weighted by Crippen LogP contribution is -2.15. The average Bonchev–Trinajstić information content (AvgIpc) is 3.40. The minimum atomic E-state index is -0.393. The van der Waals surface area contributed by atoms with E-state index >= 15 is 0 Å². The van der Waals surface area contributed by atoms with Gasteiger partial charge < -0.3 is 20.5 Å². The predicted molar refractivity (Wildman–Crippen MR) is 141 cm³/mol. The third-order valence-corrected chi connectivity index (χ3v) is 7.00. The summed E-state index contributed by atoms with van der Waals surface area (Å²) in [6, 6.07) is 9.32. The Morgan fingerprint density at radius 2 is 2.00 bits per heavy atom. The van der Waals surface area contributed by atoms with Crippen molar-refractivity contribution in [2.75, 3.05) is 31.3 Å². The van der Waals surface area contributed by atoms with E-state index in [0.717, 1.165) is 58.6 Å². The highest BCUT2D eigenvalue weighted by molar-refractivity contribution is 9.10. The third kappa shape index (κ3) is 5.78. The van der Waals surface area contributed by atoms with E-state index in [9.17, 15) is 4.79 Å². The molecule has 2 atom stereocenters. The molecule has 0 bridgehead atoms. The second-order valence-corrected chi connectivity index (χ2v) is 10.1. The summed E-state index contributed by atoms with van der Waals surface area (Å²) in [4.78, 5) is 16.8. The average molecular weight is 542 g/mol. The van der Waals surface area contributed by atoms with Gasteiger partial charge >= 0.3 is 5.97 Å². The Kier molecular flexibility index (Phi) is 7.64. The Balaban J connectivity index is 1.42. The van der Waals surface area contributed by atoms with E-state index in [4.69, 9.17) is 15.2 Å². The molecule has 0 aliphatic heterocycles. The zero-order valence-corrected chi connectivity index (χ0v) is 22.2. The van der Waals surface area contributed by atoms with Gasteiger partial charge in [-0.3, -0.25) is 4.98 Å². The molecule has 0 saturated heterocycles. The summed E-state index contributed by atoms with van der Waals surface area (Å²) in [5, 5.41) is 8.06. The minimum Gasteiger partial charge on any atom is -0.477 e. The number of carbonyl (C=O) groups is 1. The summed E-state index contributed by atoms with van der Waals surface area (Å²) in [5.41, 5.74) is 11.3. The Morgan fingerprint density at radius 1 is 1.23 bits per heavy atom. The second-order valence-electron chi connectivity index (χ2n) is 9.23. The number of anilines is 2. The molecule has 1 saturated carbocycles. The van der Waals surface area contributed by atoms with Gasteiger partial charge in [-0.25, -0.2) is 9.48 Å². The molecule has 1 aliphatic rings. The van der Waals surface area contributed by atoms with E-state index in [1.54, 1.807) is 16.8 Å². The first kappa shape index (κ1) is 25.0. The lowest BCUT2D eigenvalue weighted by atomic mass is 10.1. The largest absolute Gasteiger partial charge is 0.477 e. The van der Waals surface area contributed by atoms with Gasteiger partial charge in [-0.1, -0.05) is 15.9 Å². The summed E-state index contributed by atoms with van der Waals surface area (Å²) < 4.78 is 14.0. The summed E-state index contributed by atoms with van der Waals surface area (Å²) >= 11 is 3.50. The molecular formula is C26H32BrN5O3. The number of nitrogens with one attached hydrogen (secondary N) is 1. The van der Waals surface area contributed by atoms with E-state index < -0.39 is 5.97 Å². The molecule has 0 radical (unpaired) electrons. The quantitative estimate of drug-likeness (QED) is 0.300. The van der Waals surface area contributed by atoms with Crippen LogP contribution in [0.1, 0.15) is 41.0 Å². The highest BCUT2D eigenvalue weighted by atomic mass is 79.9. The summed E-state index contributed by atoms with van der Waals surface area (Å²) in [5.74, 6) is 1.30. The number of hydrogen-bond acceptors (Lipinski definition) is 7. The van der Waals surface area contributed by atoms with Crippen LogP contribution in [-0.2, 0) is 11.8 Å². The number of hydrogen-bond donors (Lipinski definition) is 2. The fraction of sp³-hybridized carbons (Fsp3) is 0.423. The first-order chi connectivity index (χ1) is 16.7. The molecule has 1 fully saturated rings. The highest BCUT2D eigenvalue weighted by Crippen LogP contribution is 2.36. The molecule has 9 heteroatoms. The molecule has 35 heavy (non-hydrogen) atoms. The van der Waals surface area contributed by atoms with Crippen molar-refractivity contribution in [3.8, 4) is 17.1 Å². The molecule has 1 aliphatic carbocycles. The van der Waals surface area contributed by atoms with Crippen molar-refractivity contribution in [2.24, 2.45) is 18.9 Å². The van der Waals surface area contributed by atoms with Crippen molar-refractivity contribution in [1.29, 1.82) is 0 Å². The number of esters is 1. The van der Waals surface area contributed by atoms with Crippen LogP contribution in [0.15, 0.2) is 34.8 Å². The van der Waals surface area contributed by atoms with Crippen molar-refractivity contribution < 1.29 is 14.3 Å². The molecule has 3 aromatic rings. The van der Waals surface area contributed by atoms with Gasteiger partial charge in [-0.05, 0) is 75.3 Å². The number of pyridine rings is 1. The van der Waals surface area contributed by atoms with E-state index in [-0.39, 0.29) is 0 Å².